The molecular formula is C14H28N2O2. The predicted molar refractivity (Wildman–Crippen MR) is 73.2 cm³/mol. The monoisotopic (exact) mass is 256 g/mol. The summed E-state index contributed by atoms with van der Waals surface area (Å²) in [5, 5.41) is 2.95. The number of hydrogen-bond donors (Lipinski definition) is 2. The van der Waals surface area contributed by atoms with Crippen molar-refractivity contribution in [2.24, 2.45) is 17.6 Å². The van der Waals surface area contributed by atoms with E-state index < -0.39 is 0 Å². The van der Waals surface area contributed by atoms with Gasteiger partial charge in [0.1, 0.15) is 0 Å². The van der Waals surface area contributed by atoms with Crippen molar-refractivity contribution in [2.75, 3.05) is 19.8 Å². The van der Waals surface area contributed by atoms with Crippen LogP contribution in [0, 0.1) is 11.8 Å². The molecule has 1 saturated carbocycles. The molecule has 0 aromatic rings. The lowest BCUT2D eigenvalue weighted by atomic mass is 9.86. The Hall–Kier alpha value is -0.610. The number of rotatable bonds is 7. The third-order valence-electron chi connectivity index (χ3n) is 3.53. The number of nitrogens with one attached hydrogen (secondary N) is 1. The summed E-state index contributed by atoms with van der Waals surface area (Å²) in [6, 6.07) is 0.299. The van der Waals surface area contributed by atoms with Crippen LogP contribution in [0.1, 0.15) is 46.0 Å². The lowest BCUT2D eigenvalue weighted by molar-refractivity contribution is -0.126. The zero-order valence-corrected chi connectivity index (χ0v) is 11.8. The van der Waals surface area contributed by atoms with E-state index >= 15 is 0 Å². The summed E-state index contributed by atoms with van der Waals surface area (Å²) < 4.78 is 5.46. The Balaban J connectivity index is 2.00. The van der Waals surface area contributed by atoms with E-state index in [1.807, 2.05) is 0 Å². The number of nitrogens with two attached hydrogens (primary N) is 1. The second-order valence-electron chi connectivity index (χ2n) is 5.70. The maximum Gasteiger partial charge on any atom is 0.223 e. The van der Waals surface area contributed by atoms with Gasteiger partial charge in [0, 0.05) is 25.1 Å². The fourth-order valence-electron chi connectivity index (χ4n) is 2.19. The smallest absolute Gasteiger partial charge is 0.223 e. The van der Waals surface area contributed by atoms with E-state index in [-0.39, 0.29) is 11.8 Å². The van der Waals surface area contributed by atoms with Gasteiger partial charge in [-0.15, -0.1) is 0 Å². The highest BCUT2D eigenvalue weighted by molar-refractivity contribution is 5.78. The summed E-state index contributed by atoms with van der Waals surface area (Å²) in [6.45, 7) is 6.38. The van der Waals surface area contributed by atoms with Gasteiger partial charge >= 0.3 is 0 Å². The second kappa shape index (κ2) is 8.48. The van der Waals surface area contributed by atoms with Crippen molar-refractivity contribution in [3.05, 3.63) is 0 Å². The fourth-order valence-corrected chi connectivity index (χ4v) is 2.19. The van der Waals surface area contributed by atoms with E-state index in [9.17, 15) is 4.79 Å². The van der Waals surface area contributed by atoms with Crippen LogP contribution in [0.3, 0.4) is 0 Å². The summed E-state index contributed by atoms with van der Waals surface area (Å²) in [4.78, 5) is 11.8. The van der Waals surface area contributed by atoms with Crippen LogP contribution in [0.2, 0.25) is 0 Å². The fraction of sp³-hybridized carbons (Fsp3) is 0.929. The topological polar surface area (TPSA) is 64.3 Å². The number of carbonyl (C=O) groups excluding carboxylic acids is 1. The molecule has 0 unspecified atom stereocenters. The minimum Gasteiger partial charge on any atom is -0.380 e. The molecule has 0 bridgehead atoms. The molecule has 1 amide bonds. The van der Waals surface area contributed by atoms with E-state index in [1.54, 1.807) is 0 Å². The Bertz CT molecular complexity index is 236. The van der Waals surface area contributed by atoms with E-state index in [1.165, 1.54) is 0 Å². The number of hydrogen-bond acceptors (Lipinski definition) is 3. The molecule has 3 N–H and O–H groups in total. The molecule has 0 aliphatic heterocycles. The van der Waals surface area contributed by atoms with E-state index in [0.717, 1.165) is 38.7 Å². The Morgan fingerprint density at radius 1 is 1.28 bits per heavy atom. The zero-order chi connectivity index (χ0) is 13.4. The van der Waals surface area contributed by atoms with Gasteiger partial charge in [0.25, 0.3) is 0 Å². The first kappa shape index (κ1) is 15.4. The third-order valence-corrected chi connectivity index (χ3v) is 3.53. The minimum absolute atomic E-state index is 0.167. The number of ether oxygens (including phenoxy) is 1. The molecule has 0 aromatic carbocycles. The first-order valence-corrected chi connectivity index (χ1v) is 7.20. The van der Waals surface area contributed by atoms with Crippen molar-refractivity contribution in [3.63, 3.8) is 0 Å². The molecular weight excluding hydrogens is 228 g/mol. The van der Waals surface area contributed by atoms with Gasteiger partial charge in [-0.25, -0.2) is 0 Å². The Kier molecular flexibility index (Phi) is 7.28. The van der Waals surface area contributed by atoms with Gasteiger partial charge in [0.15, 0.2) is 0 Å². The van der Waals surface area contributed by atoms with Gasteiger partial charge < -0.3 is 15.8 Å². The predicted octanol–water partition coefficient (Wildman–Crippen LogP) is 1.68. The normalized spacial score (nSPS) is 24.2. The number of carbonyl (C=O) groups is 1. The molecule has 4 heteroatoms. The van der Waals surface area contributed by atoms with Gasteiger partial charge in [0.05, 0.1) is 6.61 Å². The highest BCUT2D eigenvalue weighted by Gasteiger charge is 2.23. The van der Waals surface area contributed by atoms with E-state index in [2.05, 4.69) is 19.2 Å². The van der Waals surface area contributed by atoms with Gasteiger partial charge in [0.2, 0.25) is 5.91 Å². The van der Waals surface area contributed by atoms with Crippen LogP contribution in [-0.2, 0) is 9.53 Å². The van der Waals surface area contributed by atoms with Crippen LogP contribution in [-0.4, -0.2) is 31.7 Å². The first-order chi connectivity index (χ1) is 8.59. The van der Waals surface area contributed by atoms with Crippen LogP contribution in [0.25, 0.3) is 0 Å². The Labute approximate surface area is 111 Å². The molecule has 1 fully saturated rings. The summed E-state index contributed by atoms with van der Waals surface area (Å²) in [5.74, 6) is 1.01. The molecule has 0 radical (unpaired) electrons. The maximum absolute atomic E-state index is 11.8. The lowest BCUT2D eigenvalue weighted by Gasteiger charge is -2.25. The molecule has 1 aliphatic rings. The van der Waals surface area contributed by atoms with Gasteiger partial charge in [-0.1, -0.05) is 13.8 Å². The SMILES string of the molecule is CC(C)CCOCCNC(=O)C1CCC(N)CC1. The molecule has 0 atom stereocenters. The van der Waals surface area contributed by atoms with Crippen LogP contribution in [0.5, 0.6) is 0 Å². The molecule has 1 rings (SSSR count). The standard InChI is InChI=1S/C14H28N2O2/c1-11(2)7-9-18-10-8-16-14(17)12-3-5-13(15)6-4-12/h11-13H,3-10,15H2,1-2H3,(H,16,17). The average Bonchev–Trinajstić information content (AvgIpc) is 2.34. The Morgan fingerprint density at radius 2 is 1.94 bits per heavy atom. The minimum atomic E-state index is 0.167. The van der Waals surface area contributed by atoms with Crippen LogP contribution < -0.4 is 11.1 Å². The van der Waals surface area contributed by atoms with Crippen molar-refractivity contribution in [3.8, 4) is 0 Å². The van der Waals surface area contributed by atoms with Crippen LogP contribution >= 0.6 is 0 Å². The van der Waals surface area contributed by atoms with Gasteiger partial charge in [-0.2, -0.15) is 0 Å². The van der Waals surface area contributed by atoms with Crippen molar-refractivity contribution in [1.29, 1.82) is 0 Å². The van der Waals surface area contributed by atoms with Gasteiger partial charge in [-0.05, 0) is 38.0 Å². The van der Waals surface area contributed by atoms with Crippen LogP contribution in [0.4, 0.5) is 0 Å². The average molecular weight is 256 g/mol. The summed E-state index contributed by atoms with van der Waals surface area (Å²) in [6.07, 6.45) is 4.89. The van der Waals surface area contributed by atoms with E-state index in [4.69, 9.17) is 10.5 Å². The summed E-state index contributed by atoms with van der Waals surface area (Å²) >= 11 is 0. The summed E-state index contributed by atoms with van der Waals surface area (Å²) in [7, 11) is 0. The second-order valence-corrected chi connectivity index (χ2v) is 5.70. The molecule has 0 spiro atoms. The molecule has 0 heterocycles. The summed E-state index contributed by atoms with van der Waals surface area (Å²) in [5.41, 5.74) is 5.82. The van der Waals surface area contributed by atoms with E-state index in [0.29, 0.717) is 25.1 Å². The van der Waals surface area contributed by atoms with Crippen molar-refractivity contribution >= 4 is 5.91 Å². The quantitative estimate of drug-likeness (QED) is 0.681. The first-order valence-electron chi connectivity index (χ1n) is 7.20. The van der Waals surface area contributed by atoms with Crippen molar-refractivity contribution in [2.45, 2.75) is 52.0 Å². The third kappa shape index (κ3) is 6.36. The highest BCUT2D eigenvalue weighted by atomic mass is 16.5. The number of amides is 1. The van der Waals surface area contributed by atoms with Gasteiger partial charge in [-0.3, -0.25) is 4.79 Å². The maximum atomic E-state index is 11.8. The molecule has 4 nitrogen and oxygen atoms in total. The molecule has 18 heavy (non-hydrogen) atoms. The molecule has 1 aliphatic carbocycles. The molecule has 106 valence electrons. The largest absolute Gasteiger partial charge is 0.380 e. The highest BCUT2D eigenvalue weighted by Crippen LogP contribution is 2.22. The van der Waals surface area contributed by atoms with Crippen LogP contribution in [0.15, 0.2) is 0 Å². The van der Waals surface area contributed by atoms with Crippen molar-refractivity contribution < 1.29 is 9.53 Å². The van der Waals surface area contributed by atoms with Crippen molar-refractivity contribution in [1.82, 2.24) is 5.32 Å². The lowest BCUT2D eigenvalue weighted by Crippen LogP contribution is -2.37. The molecule has 0 saturated heterocycles. The Morgan fingerprint density at radius 3 is 2.56 bits per heavy atom. The zero-order valence-electron chi connectivity index (χ0n) is 11.8. The molecule has 0 aromatic heterocycles.